The predicted octanol–water partition coefficient (Wildman–Crippen LogP) is 1.67. The van der Waals surface area contributed by atoms with Crippen molar-refractivity contribution in [3.63, 3.8) is 0 Å². The molecule has 2 aliphatic rings. The van der Waals surface area contributed by atoms with Crippen LogP contribution in [-0.2, 0) is 9.53 Å². The fourth-order valence-corrected chi connectivity index (χ4v) is 3.98. The fraction of sp³-hybridized carbons (Fsp3) is 0.450. The van der Waals surface area contributed by atoms with Crippen molar-refractivity contribution in [3.8, 4) is 0 Å². The molecule has 0 aliphatic carbocycles. The molecular formula is C20H22F2N6O4. The third-order valence-corrected chi connectivity index (χ3v) is 5.57. The second kappa shape index (κ2) is 8.89. The Morgan fingerprint density at radius 1 is 1.28 bits per heavy atom. The minimum Gasteiger partial charge on any atom is -0.442 e. The van der Waals surface area contributed by atoms with Gasteiger partial charge in [-0.25, -0.2) is 18.3 Å². The molecular weight excluding hydrogens is 426 g/mol. The molecule has 2 saturated heterocycles. The molecule has 1 unspecified atom stereocenters. The zero-order valence-electron chi connectivity index (χ0n) is 17.3. The first-order valence-corrected chi connectivity index (χ1v) is 10.2. The Morgan fingerprint density at radius 3 is 2.56 bits per heavy atom. The van der Waals surface area contributed by atoms with Gasteiger partial charge in [-0.1, -0.05) is 5.21 Å². The van der Waals surface area contributed by atoms with Gasteiger partial charge >= 0.3 is 6.09 Å². The van der Waals surface area contributed by atoms with E-state index in [1.54, 1.807) is 15.8 Å². The van der Waals surface area contributed by atoms with Crippen molar-refractivity contribution in [2.75, 3.05) is 36.0 Å². The molecule has 170 valence electrons. The van der Waals surface area contributed by atoms with Crippen molar-refractivity contribution in [1.82, 2.24) is 20.3 Å². The molecule has 3 heterocycles. The summed E-state index contributed by atoms with van der Waals surface area (Å²) in [7, 11) is 0. The lowest BCUT2D eigenvalue weighted by molar-refractivity contribution is -0.119. The van der Waals surface area contributed by atoms with E-state index >= 15 is 0 Å². The van der Waals surface area contributed by atoms with Crippen molar-refractivity contribution in [3.05, 3.63) is 35.7 Å². The first kappa shape index (κ1) is 21.7. The van der Waals surface area contributed by atoms with Crippen molar-refractivity contribution in [1.29, 1.82) is 0 Å². The summed E-state index contributed by atoms with van der Waals surface area (Å²) in [6.45, 7) is 2.31. The number of carbonyl (C=O) groups excluding carboxylic acids is 3. The number of benzene rings is 1. The molecule has 2 aliphatic heterocycles. The molecule has 2 aromatic rings. The summed E-state index contributed by atoms with van der Waals surface area (Å²) in [6.07, 6.45) is 1.99. The molecule has 1 aromatic carbocycles. The Balaban J connectivity index is 1.44. The highest BCUT2D eigenvalue weighted by Crippen LogP contribution is 2.34. The Kier molecular flexibility index (Phi) is 6.01. The lowest BCUT2D eigenvalue weighted by Gasteiger charge is -2.34. The third kappa shape index (κ3) is 4.39. The van der Waals surface area contributed by atoms with Crippen molar-refractivity contribution < 1.29 is 27.9 Å². The summed E-state index contributed by atoms with van der Waals surface area (Å²) in [5.74, 6) is -1.82. The Labute approximate surface area is 182 Å². The van der Waals surface area contributed by atoms with Crippen molar-refractivity contribution >= 4 is 29.7 Å². The molecule has 2 fully saturated rings. The number of nitrogens with one attached hydrogen (secondary N) is 1. The van der Waals surface area contributed by atoms with Crippen LogP contribution in [0.25, 0.3) is 0 Å². The van der Waals surface area contributed by atoms with Gasteiger partial charge in [0, 0.05) is 32.1 Å². The van der Waals surface area contributed by atoms with Crippen LogP contribution in [0, 0.1) is 11.6 Å². The quantitative estimate of drug-likeness (QED) is 0.670. The van der Waals surface area contributed by atoms with E-state index in [0.29, 0.717) is 32.2 Å². The van der Waals surface area contributed by atoms with E-state index in [9.17, 15) is 23.2 Å². The number of ether oxygens (including phenoxy) is 1. The van der Waals surface area contributed by atoms with Crippen LogP contribution >= 0.6 is 0 Å². The molecule has 1 N–H and O–H groups in total. The lowest BCUT2D eigenvalue weighted by Crippen LogP contribution is -2.36. The van der Waals surface area contributed by atoms with E-state index in [1.807, 2.05) is 0 Å². The number of nitrogens with zero attached hydrogens (tertiary/aromatic N) is 5. The van der Waals surface area contributed by atoms with Gasteiger partial charge in [-0.2, -0.15) is 0 Å². The van der Waals surface area contributed by atoms with Gasteiger partial charge in [-0.05, 0) is 12.8 Å². The summed E-state index contributed by atoms with van der Waals surface area (Å²) in [4.78, 5) is 36.7. The molecule has 12 heteroatoms. The average Bonchev–Trinajstić information content (AvgIpc) is 3.39. The number of amides is 2. The highest BCUT2D eigenvalue weighted by molar-refractivity contribution is 5.90. The van der Waals surface area contributed by atoms with Crippen LogP contribution in [0.1, 0.15) is 36.3 Å². The fourth-order valence-electron chi connectivity index (χ4n) is 3.98. The average molecular weight is 448 g/mol. The number of hydrogen-bond donors (Lipinski definition) is 1. The molecule has 32 heavy (non-hydrogen) atoms. The van der Waals surface area contributed by atoms with Gasteiger partial charge in [0.05, 0.1) is 31.0 Å². The summed E-state index contributed by atoms with van der Waals surface area (Å²) < 4.78 is 36.6. The van der Waals surface area contributed by atoms with E-state index < -0.39 is 23.8 Å². The van der Waals surface area contributed by atoms with Gasteiger partial charge in [-0.3, -0.25) is 14.5 Å². The second-order valence-electron chi connectivity index (χ2n) is 7.77. The van der Waals surface area contributed by atoms with Crippen LogP contribution in [0.2, 0.25) is 0 Å². The summed E-state index contributed by atoms with van der Waals surface area (Å²) >= 11 is 0. The van der Waals surface area contributed by atoms with Gasteiger partial charge < -0.3 is 15.0 Å². The van der Waals surface area contributed by atoms with Crippen LogP contribution in [0.4, 0.5) is 25.0 Å². The van der Waals surface area contributed by atoms with Crippen LogP contribution in [0.3, 0.4) is 0 Å². The molecule has 1 aromatic heterocycles. The predicted molar refractivity (Wildman–Crippen MR) is 109 cm³/mol. The molecule has 0 radical (unpaired) electrons. The highest BCUT2D eigenvalue weighted by atomic mass is 19.1. The molecule has 0 bridgehead atoms. The van der Waals surface area contributed by atoms with E-state index in [2.05, 4.69) is 15.6 Å². The molecule has 0 saturated carbocycles. The number of halogens is 2. The number of aldehydes is 1. The standard InChI is InChI=1S/C20H22F2N6O4/c1-12(30)23-8-16-10-27(20(31)32-16)15-6-17(21)19(18(22)7-15)26-4-2-14(3-5-26)28-9-13(11-29)24-25-28/h6-7,9,11,14,16H,2-5,8,10H2,1H3,(H,23,30). The minimum absolute atomic E-state index is 0.0160. The van der Waals surface area contributed by atoms with Gasteiger partial charge in [0.25, 0.3) is 0 Å². The monoisotopic (exact) mass is 448 g/mol. The molecule has 4 rings (SSSR count). The molecule has 10 nitrogen and oxygen atoms in total. The molecule has 0 spiro atoms. The number of piperidine rings is 1. The summed E-state index contributed by atoms with van der Waals surface area (Å²) in [5, 5.41) is 10.2. The van der Waals surface area contributed by atoms with Crippen LogP contribution < -0.4 is 15.1 Å². The van der Waals surface area contributed by atoms with Crippen LogP contribution in [-0.4, -0.2) is 65.6 Å². The van der Waals surface area contributed by atoms with Gasteiger partial charge in [0.15, 0.2) is 17.9 Å². The molecule has 2 amide bonds. The lowest BCUT2D eigenvalue weighted by atomic mass is 10.0. The zero-order chi connectivity index (χ0) is 22.8. The number of cyclic esters (lactones) is 1. The largest absolute Gasteiger partial charge is 0.442 e. The zero-order valence-corrected chi connectivity index (χ0v) is 17.3. The molecule has 1 atom stereocenters. The Morgan fingerprint density at radius 2 is 1.97 bits per heavy atom. The Bertz CT molecular complexity index is 1010. The number of anilines is 2. The van der Waals surface area contributed by atoms with E-state index in [1.165, 1.54) is 6.92 Å². The third-order valence-electron chi connectivity index (χ3n) is 5.57. The number of hydrogen-bond acceptors (Lipinski definition) is 7. The first-order chi connectivity index (χ1) is 15.4. The maximum absolute atomic E-state index is 14.9. The summed E-state index contributed by atoms with van der Waals surface area (Å²) in [6, 6.07) is 2.21. The van der Waals surface area contributed by atoms with Gasteiger partial charge in [0.1, 0.15) is 17.5 Å². The maximum atomic E-state index is 14.9. The second-order valence-corrected chi connectivity index (χ2v) is 7.77. The maximum Gasteiger partial charge on any atom is 0.414 e. The van der Waals surface area contributed by atoms with Crippen molar-refractivity contribution in [2.45, 2.75) is 31.9 Å². The Hall–Kier alpha value is -3.57. The smallest absolute Gasteiger partial charge is 0.414 e. The topological polar surface area (TPSA) is 110 Å². The highest BCUT2D eigenvalue weighted by Gasteiger charge is 2.34. The van der Waals surface area contributed by atoms with E-state index in [-0.39, 0.29) is 42.1 Å². The van der Waals surface area contributed by atoms with Crippen LogP contribution in [0.5, 0.6) is 0 Å². The first-order valence-electron chi connectivity index (χ1n) is 10.2. The minimum atomic E-state index is -0.777. The van der Waals surface area contributed by atoms with E-state index in [0.717, 1.165) is 17.0 Å². The number of aromatic nitrogens is 3. The van der Waals surface area contributed by atoms with Gasteiger partial charge in [0.2, 0.25) is 5.91 Å². The number of rotatable bonds is 6. The van der Waals surface area contributed by atoms with E-state index in [4.69, 9.17) is 4.74 Å². The van der Waals surface area contributed by atoms with Crippen LogP contribution in [0.15, 0.2) is 18.3 Å². The van der Waals surface area contributed by atoms with Crippen molar-refractivity contribution in [2.24, 2.45) is 0 Å². The summed E-state index contributed by atoms with van der Waals surface area (Å²) in [5.41, 5.74) is 0.138. The number of carbonyl (C=O) groups is 3. The normalized spacial score (nSPS) is 19.2. The SMILES string of the molecule is CC(=O)NCC1CN(c2cc(F)c(N3CCC(n4cc(C=O)nn4)CC3)c(F)c2)C(=O)O1. The van der Waals surface area contributed by atoms with Gasteiger partial charge in [-0.15, -0.1) is 5.10 Å².